The highest BCUT2D eigenvalue weighted by molar-refractivity contribution is 7.89. The SMILES string of the molecule is CCC1CCCCC1NS(=O)(=O)CCNC(C)C. The van der Waals surface area contributed by atoms with Crippen LogP contribution in [0.5, 0.6) is 0 Å². The molecule has 4 nitrogen and oxygen atoms in total. The standard InChI is InChI=1S/C13H28N2O2S/c1-4-12-7-5-6-8-13(12)15-18(16,17)10-9-14-11(2)3/h11-15H,4-10H2,1-3H3. The molecule has 0 radical (unpaired) electrons. The summed E-state index contributed by atoms with van der Waals surface area (Å²) in [4.78, 5) is 0. The first kappa shape index (κ1) is 15.9. The van der Waals surface area contributed by atoms with Gasteiger partial charge in [0.25, 0.3) is 0 Å². The normalized spacial score (nSPS) is 25.6. The quantitative estimate of drug-likeness (QED) is 0.746. The predicted octanol–water partition coefficient (Wildman–Crippen LogP) is 1.87. The number of rotatable bonds is 7. The van der Waals surface area contributed by atoms with E-state index in [9.17, 15) is 8.42 Å². The molecule has 0 aliphatic heterocycles. The van der Waals surface area contributed by atoms with Gasteiger partial charge in [0.2, 0.25) is 10.0 Å². The number of sulfonamides is 1. The van der Waals surface area contributed by atoms with E-state index in [2.05, 4.69) is 17.0 Å². The summed E-state index contributed by atoms with van der Waals surface area (Å²) >= 11 is 0. The minimum atomic E-state index is -3.13. The van der Waals surface area contributed by atoms with Crippen molar-refractivity contribution in [1.29, 1.82) is 0 Å². The van der Waals surface area contributed by atoms with Gasteiger partial charge in [-0.3, -0.25) is 0 Å². The van der Waals surface area contributed by atoms with Crippen molar-refractivity contribution in [3.63, 3.8) is 0 Å². The monoisotopic (exact) mass is 276 g/mol. The maximum atomic E-state index is 12.0. The summed E-state index contributed by atoms with van der Waals surface area (Å²) in [5.74, 6) is 0.699. The van der Waals surface area contributed by atoms with Crippen molar-refractivity contribution in [2.75, 3.05) is 12.3 Å². The van der Waals surface area contributed by atoms with Crippen LogP contribution >= 0.6 is 0 Å². The highest BCUT2D eigenvalue weighted by Gasteiger charge is 2.27. The number of hydrogen-bond acceptors (Lipinski definition) is 3. The Morgan fingerprint density at radius 3 is 2.50 bits per heavy atom. The van der Waals surface area contributed by atoms with E-state index in [4.69, 9.17) is 0 Å². The second kappa shape index (κ2) is 7.46. The minimum absolute atomic E-state index is 0.160. The maximum Gasteiger partial charge on any atom is 0.213 e. The van der Waals surface area contributed by atoms with Crippen molar-refractivity contribution >= 4 is 10.0 Å². The van der Waals surface area contributed by atoms with E-state index < -0.39 is 10.0 Å². The fourth-order valence-corrected chi connectivity index (χ4v) is 3.90. The lowest BCUT2D eigenvalue weighted by Crippen LogP contribution is -2.44. The summed E-state index contributed by atoms with van der Waals surface area (Å²) in [5, 5.41) is 3.14. The van der Waals surface area contributed by atoms with Crippen LogP contribution in [0.3, 0.4) is 0 Å². The lowest BCUT2D eigenvalue weighted by Gasteiger charge is -2.31. The maximum absolute atomic E-state index is 12.0. The van der Waals surface area contributed by atoms with E-state index in [0.29, 0.717) is 18.5 Å². The molecule has 2 unspecified atom stereocenters. The molecule has 2 atom stereocenters. The van der Waals surface area contributed by atoms with Gasteiger partial charge in [-0.15, -0.1) is 0 Å². The highest BCUT2D eigenvalue weighted by atomic mass is 32.2. The van der Waals surface area contributed by atoms with E-state index in [1.165, 1.54) is 6.42 Å². The predicted molar refractivity (Wildman–Crippen MR) is 76.1 cm³/mol. The molecular weight excluding hydrogens is 248 g/mol. The molecule has 1 rings (SSSR count). The van der Waals surface area contributed by atoms with Gasteiger partial charge >= 0.3 is 0 Å². The Bertz CT molecular complexity index is 328. The first-order chi connectivity index (χ1) is 8.44. The first-order valence-electron chi connectivity index (χ1n) is 7.18. The Balaban J connectivity index is 2.43. The summed E-state index contributed by atoms with van der Waals surface area (Å²) in [6.07, 6.45) is 5.61. The highest BCUT2D eigenvalue weighted by Crippen LogP contribution is 2.27. The van der Waals surface area contributed by atoms with Crippen LogP contribution in [0.15, 0.2) is 0 Å². The van der Waals surface area contributed by atoms with Crippen molar-refractivity contribution in [2.24, 2.45) is 5.92 Å². The summed E-state index contributed by atoms with van der Waals surface area (Å²) in [7, 11) is -3.13. The van der Waals surface area contributed by atoms with Crippen molar-refractivity contribution in [3.8, 4) is 0 Å². The van der Waals surface area contributed by atoms with Crippen LogP contribution in [0.1, 0.15) is 52.9 Å². The molecule has 2 N–H and O–H groups in total. The summed E-state index contributed by atoms with van der Waals surface area (Å²) in [6.45, 7) is 6.72. The second-order valence-corrected chi connectivity index (χ2v) is 7.48. The van der Waals surface area contributed by atoms with E-state index in [0.717, 1.165) is 25.7 Å². The van der Waals surface area contributed by atoms with E-state index >= 15 is 0 Å². The molecule has 5 heteroatoms. The third-order valence-corrected chi connectivity index (χ3v) is 5.09. The van der Waals surface area contributed by atoms with Gasteiger partial charge in [0.15, 0.2) is 0 Å². The molecule has 0 saturated heterocycles. The van der Waals surface area contributed by atoms with Gasteiger partial charge in [-0.05, 0) is 18.8 Å². The molecule has 1 aliphatic rings. The zero-order valence-electron chi connectivity index (χ0n) is 11.9. The van der Waals surface area contributed by atoms with Crippen molar-refractivity contribution in [2.45, 2.75) is 65.0 Å². The van der Waals surface area contributed by atoms with Crippen LogP contribution in [-0.2, 0) is 10.0 Å². The molecule has 1 saturated carbocycles. The van der Waals surface area contributed by atoms with Gasteiger partial charge in [-0.1, -0.05) is 40.0 Å². The van der Waals surface area contributed by atoms with Gasteiger partial charge in [0.1, 0.15) is 0 Å². The zero-order chi connectivity index (χ0) is 13.6. The molecule has 0 heterocycles. The van der Waals surface area contributed by atoms with Gasteiger partial charge in [-0.25, -0.2) is 13.1 Å². The van der Waals surface area contributed by atoms with Crippen molar-refractivity contribution < 1.29 is 8.42 Å². The van der Waals surface area contributed by atoms with Crippen LogP contribution in [0.4, 0.5) is 0 Å². The molecule has 18 heavy (non-hydrogen) atoms. The molecule has 0 spiro atoms. The van der Waals surface area contributed by atoms with Gasteiger partial charge < -0.3 is 5.32 Å². The molecule has 108 valence electrons. The van der Waals surface area contributed by atoms with Gasteiger partial charge in [-0.2, -0.15) is 0 Å². The van der Waals surface area contributed by atoms with E-state index in [1.807, 2.05) is 13.8 Å². The Morgan fingerprint density at radius 1 is 1.22 bits per heavy atom. The summed E-state index contributed by atoms with van der Waals surface area (Å²) < 4.78 is 26.9. The third-order valence-electron chi connectivity index (χ3n) is 3.69. The average molecular weight is 276 g/mol. The van der Waals surface area contributed by atoms with Crippen molar-refractivity contribution in [1.82, 2.24) is 10.0 Å². The average Bonchev–Trinajstić information content (AvgIpc) is 2.28. The zero-order valence-corrected chi connectivity index (χ0v) is 12.7. The molecule has 0 amide bonds. The molecule has 0 aromatic carbocycles. The molecule has 0 bridgehead atoms. The molecule has 1 aliphatic carbocycles. The van der Waals surface area contributed by atoms with Crippen LogP contribution < -0.4 is 10.0 Å². The van der Waals surface area contributed by atoms with Crippen LogP contribution in [-0.4, -0.2) is 32.8 Å². The fourth-order valence-electron chi connectivity index (χ4n) is 2.62. The number of nitrogens with one attached hydrogen (secondary N) is 2. The van der Waals surface area contributed by atoms with Gasteiger partial charge in [0.05, 0.1) is 5.75 Å². The van der Waals surface area contributed by atoms with E-state index in [1.54, 1.807) is 0 Å². The largest absolute Gasteiger partial charge is 0.313 e. The summed E-state index contributed by atoms with van der Waals surface area (Å²) in [5.41, 5.74) is 0. The minimum Gasteiger partial charge on any atom is -0.313 e. The Labute approximate surface area is 112 Å². The Morgan fingerprint density at radius 2 is 1.89 bits per heavy atom. The molecule has 1 fully saturated rings. The lowest BCUT2D eigenvalue weighted by atomic mass is 9.83. The Hall–Kier alpha value is -0.130. The van der Waals surface area contributed by atoms with Crippen LogP contribution in [0.2, 0.25) is 0 Å². The Kier molecular flexibility index (Phi) is 6.60. The van der Waals surface area contributed by atoms with Gasteiger partial charge in [0, 0.05) is 18.6 Å². The summed E-state index contributed by atoms with van der Waals surface area (Å²) in [6, 6.07) is 0.492. The second-order valence-electron chi connectivity index (χ2n) is 5.60. The topological polar surface area (TPSA) is 58.2 Å². The first-order valence-corrected chi connectivity index (χ1v) is 8.83. The molecule has 0 aromatic rings. The number of hydrogen-bond donors (Lipinski definition) is 2. The van der Waals surface area contributed by atoms with E-state index in [-0.39, 0.29) is 11.8 Å². The van der Waals surface area contributed by atoms with Crippen LogP contribution in [0.25, 0.3) is 0 Å². The lowest BCUT2D eigenvalue weighted by molar-refractivity contribution is 0.282. The molecular formula is C13H28N2O2S. The third kappa shape index (κ3) is 5.67. The van der Waals surface area contributed by atoms with Crippen molar-refractivity contribution in [3.05, 3.63) is 0 Å². The molecule has 0 aromatic heterocycles. The fraction of sp³-hybridized carbons (Fsp3) is 1.00. The smallest absolute Gasteiger partial charge is 0.213 e. The van der Waals surface area contributed by atoms with Crippen LogP contribution in [0, 0.1) is 5.92 Å².